The number of aromatic nitrogens is 2. The van der Waals surface area contributed by atoms with Crippen LogP contribution in [0.4, 0.5) is 4.39 Å². The summed E-state index contributed by atoms with van der Waals surface area (Å²) < 4.78 is 18.2. The molecule has 0 spiro atoms. The molecule has 1 N–H and O–H groups in total. The largest absolute Gasteiger partial charge is 0.338 e. The molecule has 2 rings (SSSR count). The smallest absolute Gasteiger partial charge is 0.240 e. The number of nitrogens with zero attached hydrogens (tertiary/aromatic N) is 2. The van der Waals surface area contributed by atoms with Gasteiger partial charge in [-0.1, -0.05) is 43.6 Å². The van der Waals surface area contributed by atoms with Crippen molar-refractivity contribution in [1.29, 1.82) is 0 Å². The third kappa shape index (κ3) is 4.02. The molecule has 0 fully saturated rings. The van der Waals surface area contributed by atoms with Gasteiger partial charge in [-0.2, -0.15) is 4.98 Å². The molecule has 0 aliphatic carbocycles. The van der Waals surface area contributed by atoms with Gasteiger partial charge in [0, 0.05) is 16.5 Å². The zero-order valence-electron chi connectivity index (χ0n) is 12.6. The van der Waals surface area contributed by atoms with Crippen LogP contribution in [0.1, 0.15) is 51.0 Å². The van der Waals surface area contributed by atoms with E-state index in [9.17, 15) is 4.39 Å². The molecule has 6 heteroatoms. The minimum atomic E-state index is -0.345. The maximum atomic E-state index is 13.0. The van der Waals surface area contributed by atoms with Gasteiger partial charge in [0.05, 0.1) is 6.54 Å². The van der Waals surface area contributed by atoms with Crippen LogP contribution < -0.4 is 5.32 Å². The highest BCUT2D eigenvalue weighted by Gasteiger charge is 2.21. The number of nitrogens with one attached hydrogen (secondary N) is 1. The van der Waals surface area contributed by atoms with Crippen molar-refractivity contribution in [3.05, 3.63) is 46.3 Å². The van der Waals surface area contributed by atoms with Crippen LogP contribution in [0.2, 0.25) is 5.02 Å². The lowest BCUT2D eigenvalue weighted by atomic mass is 9.96. The summed E-state index contributed by atoms with van der Waals surface area (Å²) in [7, 11) is 0. The summed E-state index contributed by atoms with van der Waals surface area (Å²) in [5.74, 6) is 0.847. The molecule has 1 atom stereocenters. The van der Waals surface area contributed by atoms with E-state index < -0.39 is 0 Å². The summed E-state index contributed by atoms with van der Waals surface area (Å²) in [4.78, 5) is 4.35. The molecule has 0 saturated heterocycles. The van der Waals surface area contributed by atoms with Crippen molar-refractivity contribution in [2.24, 2.45) is 0 Å². The van der Waals surface area contributed by atoms with Crippen LogP contribution in [0, 0.1) is 5.82 Å². The van der Waals surface area contributed by atoms with Gasteiger partial charge in [0.25, 0.3) is 0 Å². The second kappa shape index (κ2) is 6.12. The van der Waals surface area contributed by atoms with Crippen LogP contribution in [-0.4, -0.2) is 10.1 Å². The maximum absolute atomic E-state index is 13.0. The Hall–Kier alpha value is -1.46. The van der Waals surface area contributed by atoms with E-state index in [0.29, 0.717) is 23.3 Å². The highest BCUT2D eigenvalue weighted by molar-refractivity contribution is 6.31. The summed E-state index contributed by atoms with van der Waals surface area (Å²) in [5.41, 5.74) is 0.682. The molecule has 1 aromatic carbocycles. The number of hydrogen-bond acceptors (Lipinski definition) is 4. The van der Waals surface area contributed by atoms with E-state index in [-0.39, 0.29) is 17.3 Å². The zero-order chi connectivity index (χ0) is 15.6. The van der Waals surface area contributed by atoms with E-state index in [0.717, 1.165) is 5.56 Å². The summed E-state index contributed by atoms with van der Waals surface area (Å²) in [6.45, 7) is 8.44. The van der Waals surface area contributed by atoms with E-state index >= 15 is 0 Å². The van der Waals surface area contributed by atoms with Crippen LogP contribution in [0.5, 0.6) is 0 Å². The van der Waals surface area contributed by atoms with E-state index in [1.54, 1.807) is 6.07 Å². The number of rotatable bonds is 4. The Labute approximate surface area is 128 Å². The second-order valence-corrected chi connectivity index (χ2v) is 6.44. The van der Waals surface area contributed by atoms with Gasteiger partial charge in [0.1, 0.15) is 5.82 Å². The van der Waals surface area contributed by atoms with Gasteiger partial charge >= 0.3 is 0 Å². The third-order valence-corrected chi connectivity index (χ3v) is 3.45. The highest BCUT2D eigenvalue weighted by atomic mass is 35.5. The Bertz CT molecular complexity index is 622. The number of hydrogen-bond donors (Lipinski definition) is 1. The molecule has 0 radical (unpaired) electrons. The van der Waals surface area contributed by atoms with Gasteiger partial charge in [-0.3, -0.25) is 0 Å². The summed E-state index contributed by atoms with van der Waals surface area (Å²) in [6.07, 6.45) is 0. The molecule has 4 nitrogen and oxygen atoms in total. The molecule has 0 unspecified atom stereocenters. The SMILES string of the molecule is C[C@H](NCc1nc(C(C)(C)C)no1)c1ccc(F)cc1Cl. The van der Waals surface area contributed by atoms with Crippen molar-refractivity contribution in [3.8, 4) is 0 Å². The van der Waals surface area contributed by atoms with Crippen molar-refractivity contribution in [1.82, 2.24) is 15.5 Å². The molecule has 0 aliphatic heterocycles. The minimum Gasteiger partial charge on any atom is -0.338 e. The number of halogens is 2. The first-order valence-electron chi connectivity index (χ1n) is 6.79. The Morgan fingerprint density at radius 3 is 2.67 bits per heavy atom. The maximum Gasteiger partial charge on any atom is 0.240 e. The van der Waals surface area contributed by atoms with Crippen molar-refractivity contribution in [2.75, 3.05) is 0 Å². The Balaban J connectivity index is 2.01. The lowest BCUT2D eigenvalue weighted by Crippen LogP contribution is -2.19. The lowest BCUT2D eigenvalue weighted by molar-refractivity contribution is 0.349. The molecule has 0 bridgehead atoms. The van der Waals surface area contributed by atoms with Crippen LogP contribution in [0.3, 0.4) is 0 Å². The first-order chi connectivity index (χ1) is 9.77. The van der Waals surface area contributed by atoms with Crippen LogP contribution >= 0.6 is 11.6 Å². The van der Waals surface area contributed by atoms with Gasteiger partial charge in [0.15, 0.2) is 5.82 Å². The van der Waals surface area contributed by atoms with Gasteiger partial charge in [0.2, 0.25) is 5.89 Å². The number of benzene rings is 1. The Morgan fingerprint density at radius 1 is 1.38 bits per heavy atom. The van der Waals surface area contributed by atoms with E-state index in [2.05, 4.69) is 15.5 Å². The fourth-order valence-corrected chi connectivity index (χ4v) is 2.17. The molecule has 0 saturated carbocycles. The standard InChI is InChI=1S/C15H19ClFN3O/c1-9(11-6-5-10(17)7-12(11)16)18-8-13-19-14(20-21-13)15(2,3)4/h5-7,9,18H,8H2,1-4H3/t9-/m0/s1. The topological polar surface area (TPSA) is 51.0 Å². The van der Waals surface area contributed by atoms with Gasteiger partial charge in [-0.25, -0.2) is 4.39 Å². The second-order valence-electron chi connectivity index (χ2n) is 6.03. The van der Waals surface area contributed by atoms with Crippen LogP contribution in [-0.2, 0) is 12.0 Å². The molecule has 0 aliphatic rings. The quantitative estimate of drug-likeness (QED) is 0.927. The minimum absolute atomic E-state index is 0.0527. The van der Waals surface area contributed by atoms with Gasteiger partial charge in [-0.05, 0) is 24.6 Å². The van der Waals surface area contributed by atoms with Crippen molar-refractivity contribution in [2.45, 2.75) is 45.7 Å². The molecule has 1 aromatic heterocycles. The molecule has 1 heterocycles. The average molecular weight is 312 g/mol. The van der Waals surface area contributed by atoms with E-state index in [1.165, 1.54) is 12.1 Å². The molecular formula is C15H19ClFN3O. The monoisotopic (exact) mass is 311 g/mol. The normalized spacial score (nSPS) is 13.4. The zero-order valence-corrected chi connectivity index (χ0v) is 13.3. The fourth-order valence-electron chi connectivity index (χ4n) is 1.83. The van der Waals surface area contributed by atoms with Crippen molar-refractivity contribution >= 4 is 11.6 Å². The third-order valence-electron chi connectivity index (χ3n) is 3.13. The van der Waals surface area contributed by atoms with Crippen LogP contribution in [0.15, 0.2) is 22.7 Å². The molecule has 0 amide bonds. The van der Waals surface area contributed by atoms with E-state index in [4.69, 9.17) is 16.1 Å². The lowest BCUT2D eigenvalue weighted by Gasteiger charge is -2.14. The van der Waals surface area contributed by atoms with Crippen molar-refractivity contribution < 1.29 is 8.91 Å². The highest BCUT2D eigenvalue weighted by Crippen LogP contribution is 2.24. The summed E-state index contributed by atoms with van der Waals surface area (Å²) in [6, 6.07) is 4.32. The first kappa shape index (κ1) is 15.9. The summed E-state index contributed by atoms with van der Waals surface area (Å²) >= 11 is 6.04. The molecule has 21 heavy (non-hydrogen) atoms. The average Bonchev–Trinajstić information content (AvgIpc) is 2.84. The predicted molar refractivity (Wildman–Crippen MR) is 79.7 cm³/mol. The van der Waals surface area contributed by atoms with Crippen LogP contribution in [0.25, 0.3) is 0 Å². The first-order valence-corrected chi connectivity index (χ1v) is 7.16. The Morgan fingerprint density at radius 2 is 2.10 bits per heavy atom. The van der Waals surface area contributed by atoms with Gasteiger partial charge in [-0.15, -0.1) is 0 Å². The fraction of sp³-hybridized carbons (Fsp3) is 0.467. The summed E-state index contributed by atoms with van der Waals surface area (Å²) in [5, 5.41) is 7.60. The molecular weight excluding hydrogens is 293 g/mol. The molecule has 2 aromatic rings. The predicted octanol–water partition coefficient (Wildman–Crippen LogP) is 4.01. The Kier molecular flexibility index (Phi) is 4.64. The molecule has 114 valence electrons. The van der Waals surface area contributed by atoms with E-state index in [1.807, 2.05) is 27.7 Å². The van der Waals surface area contributed by atoms with Gasteiger partial charge < -0.3 is 9.84 Å². The van der Waals surface area contributed by atoms with Crippen molar-refractivity contribution in [3.63, 3.8) is 0 Å².